The van der Waals surface area contributed by atoms with Crippen molar-refractivity contribution in [3.8, 4) is 0 Å². The van der Waals surface area contributed by atoms with E-state index in [0.717, 1.165) is 19.3 Å². The minimum Gasteiger partial charge on any atom is -0.392 e. The van der Waals surface area contributed by atoms with E-state index in [1.807, 2.05) is 0 Å². The molecule has 0 spiro atoms. The van der Waals surface area contributed by atoms with Crippen molar-refractivity contribution in [2.45, 2.75) is 82.7 Å². The van der Waals surface area contributed by atoms with Crippen molar-refractivity contribution in [1.29, 1.82) is 0 Å². The molecule has 1 atom stereocenters. The van der Waals surface area contributed by atoms with E-state index in [0.29, 0.717) is 0 Å². The van der Waals surface area contributed by atoms with Gasteiger partial charge in [0.1, 0.15) is 0 Å². The van der Waals surface area contributed by atoms with E-state index in [1.165, 1.54) is 50.5 Å². The molecule has 0 saturated heterocycles. The van der Waals surface area contributed by atoms with Gasteiger partial charge >= 0.3 is 0 Å². The third kappa shape index (κ3) is 3.63. The van der Waals surface area contributed by atoms with E-state index in [-0.39, 0.29) is 11.5 Å². The Hall–Kier alpha value is -0.820. The molecule has 1 N–H and O–H groups in total. The highest BCUT2D eigenvalue weighted by Crippen LogP contribution is 2.43. The van der Waals surface area contributed by atoms with Crippen LogP contribution in [0, 0.1) is 0 Å². The molecule has 0 aliphatic heterocycles. The topological polar surface area (TPSA) is 20.2 Å². The zero-order valence-corrected chi connectivity index (χ0v) is 13.0. The summed E-state index contributed by atoms with van der Waals surface area (Å²) in [5, 5.41) is 10.9. The van der Waals surface area contributed by atoms with Gasteiger partial charge < -0.3 is 5.11 Å². The number of unbranched alkanes of at least 4 members (excludes halogenated alkanes) is 3. The maximum absolute atomic E-state index is 10.9. The van der Waals surface area contributed by atoms with Crippen LogP contribution in [0.15, 0.2) is 30.3 Å². The Labute approximate surface area is 124 Å². The van der Waals surface area contributed by atoms with Crippen LogP contribution in [0.1, 0.15) is 76.7 Å². The second-order valence-corrected chi connectivity index (χ2v) is 6.45. The highest BCUT2D eigenvalue weighted by Gasteiger charge is 2.39. The monoisotopic (exact) mass is 274 g/mol. The van der Waals surface area contributed by atoms with E-state index in [9.17, 15) is 5.11 Å². The van der Waals surface area contributed by atoms with Gasteiger partial charge in [-0.1, -0.05) is 82.2 Å². The molecule has 1 heteroatoms. The molecule has 20 heavy (non-hydrogen) atoms. The van der Waals surface area contributed by atoms with E-state index in [1.54, 1.807) is 0 Å². The standard InChI is InChI=1S/C19H30O/c1-2-3-4-9-14-18(20)19(15-10-6-11-16-19)17-12-7-5-8-13-17/h5,7-8,12-13,18,20H,2-4,6,9-11,14-16H2,1H3. The molecule has 1 aliphatic carbocycles. The first kappa shape index (κ1) is 15.6. The first-order chi connectivity index (χ1) is 9.79. The van der Waals surface area contributed by atoms with E-state index in [2.05, 4.69) is 37.3 Å². The summed E-state index contributed by atoms with van der Waals surface area (Å²) in [5.74, 6) is 0. The van der Waals surface area contributed by atoms with Gasteiger partial charge in [0.05, 0.1) is 6.10 Å². The smallest absolute Gasteiger partial charge is 0.0636 e. The molecule has 0 bridgehead atoms. The lowest BCUT2D eigenvalue weighted by atomic mass is 9.65. The molecule has 1 nitrogen and oxygen atoms in total. The summed E-state index contributed by atoms with van der Waals surface area (Å²) in [6.07, 6.45) is 12.0. The minimum atomic E-state index is -0.165. The Morgan fingerprint density at radius 3 is 2.35 bits per heavy atom. The van der Waals surface area contributed by atoms with E-state index >= 15 is 0 Å². The Kier molecular flexibility index (Phi) is 6.09. The molecule has 0 amide bonds. The van der Waals surface area contributed by atoms with Crippen molar-refractivity contribution in [1.82, 2.24) is 0 Å². The van der Waals surface area contributed by atoms with Gasteiger partial charge in [-0.2, -0.15) is 0 Å². The van der Waals surface area contributed by atoms with Crippen molar-refractivity contribution in [3.05, 3.63) is 35.9 Å². The molecule has 0 aromatic heterocycles. The minimum absolute atomic E-state index is 0.0335. The first-order valence-electron chi connectivity index (χ1n) is 8.53. The third-order valence-corrected chi connectivity index (χ3v) is 5.06. The molecule has 0 heterocycles. The number of hydrogen-bond donors (Lipinski definition) is 1. The largest absolute Gasteiger partial charge is 0.392 e. The predicted molar refractivity (Wildman–Crippen MR) is 86.0 cm³/mol. The molecule has 1 aromatic carbocycles. The van der Waals surface area contributed by atoms with E-state index < -0.39 is 0 Å². The first-order valence-corrected chi connectivity index (χ1v) is 8.53. The molecule has 1 aromatic rings. The summed E-state index contributed by atoms with van der Waals surface area (Å²) in [4.78, 5) is 0. The number of rotatable bonds is 7. The molecule has 1 unspecified atom stereocenters. The van der Waals surface area contributed by atoms with Crippen LogP contribution in [0.25, 0.3) is 0 Å². The summed E-state index contributed by atoms with van der Waals surface area (Å²) in [7, 11) is 0. The van der Waals surface area contributed by atoms with Crippen molar-refractivity contribution in [2.24, 2.45) is 0 Å². The van der Waals surface area contributed by atoms with Gasteiger partial charge in [0.25, 0.3) is 0 Å². The van der Waals surface area contributed by atoms with Crippen molar-refractivity contribution >= 4 is 0 Å². The van der Waals surface area contributed by atoms with Crippen LogP contribution in [-0.4, -0.2) is 11.2 Å². The molecule has 1 saturated carbocycles. The van der Waals surface area contributed by atoms with Crippen LogP contribution in [-0.2, 0) is 5.41 Å². The summed E-state index contributed by atoms with van der Waals surface area (Å²) in [6, 6.07) is 10.8. The van der Waals surface area contributed by atoms with Crippen LogP contribution < -0.4 is 0 Å². The molecule has 2 rings (SSSR count). The lowest BCUT2D eigenvalue weighted by molar-refractivity contribution is 0.0449. The highest BCUT2D eigenvalue weighted by molar-refractivity contribution is 5.27. The van der Waals surface area contributed by atoms with Gasteiger partial charge in [-0.15, -0.1) is 0 Å². The average Bonchev–Trinajstić information content (AvgIpc) is 2.53. The van der Waals surface area contributed by atoms with Gasteiger partial charge in [0.15, 0.2) is 0 Å². The molecule has 112 valence electrons. The van der Waals surface area contributed by atoms with Gasteiger partial charge in [0.2, 0.25) is 0 Å². The third-order valence-electron chi connectivity index (χ3n) is 5.06. The van der Waals surface area contributed by atoms with Crippen LogP contribution in [0.5, 0.6) is 0 Å². The fourth-order valence-electron chi connectivity index (χ4n) is 3.81. The summed E-state index contributed by atoms with van der Waals surface area (Å²) in [6.45, 7) is 2.24. The predicted octanol–water partition coefficient (Wildman–Crippen LogP) is 5.22. The molecular formula is C19H30O. The van der Waals surface area contributed by atoms with Gasteiger partial charge in [0, 0.05) is 5.41 Å². The van der Waals surface area contributed by atoms with Gasteiger partial charge in [-0.05, 0) is 24.8 Å². The summed E-state index contributed by atoms with van der Waals surface area (Å²) < 4.78 is 0. The number of aliphatic hydroxyl groups is 1. The average molecular weight is 274 g/mol. The van der Waals surface area contributed by atoms with Crippen LogP contribution in [0.2, 0.25) is 0 Å². The Bertz CT molecular complexity index is 365. The maximum Gasteiger partial charge on any atom is 0.0636 e. The van der Waals surface area contributed by atoms with E-state index in [4.69, 9.17) is 0 Å². The Morgan fingerprint density at radius 1 is 1.00 bits per heavy atom. The van der Waals surface area contributed by atoms with Gasteiger partial charge in [-0.3, -0.25) is 0 Å². The van der Waals surface area contributed by atoms with Crippen LogP contribution in [0.4, 0.5) is 0 Å². The Balaban J connectivity index is 2.06. The number of aliphatic hydroxyl groups excluding tert-OH is 1. The second-order valence-electron chi connectivity index (χ2n) is 6.45. The lowest BCUT2D eigenvalue weighted by Gasteiger charge is -2.42. The SMILES string of the molecule is CCCCCCC(O)C1(c2ccccc2)CCCCC1. The van der Waals surface area contributed by atoms with Crippen LogP contribution >= 0.6 is 0 Å². The summed E-state index contributed by atoms with van der Waals surface area (Å²) in [5.41, 5.74) is 1.40. The zero-order valence-electron chi connectivity index (χ0n) is 13.0. The summed E-state index contributed by atoms with van der Waals surface area (Å²) >= 11 is 0. The van der Waals surface area contributed by atoms with Crippen molar-refractivity contribution in [2.75, 3.05) is 0 Å². The van der Waals surface area contributed by atoms with Gasteiger partial charge in [-0.25, -0.2) is 0 Å². The normalized spacial score (nSPS) is 19.7. The fraction of sp³-hybridized carbons (Fsp3) is 0.684. The van der Waals surface area contributed by atoms with Crippen molar-refractivity contribution < 1.29 is 5.11 Å². The Morgan fingerprint density at radius 2 is 1.70 bits per heavy atom. The lowest BCUT2D eigenvalue weighted by Crippen LogP contribution is -2.41. The quantitative estimate of drug-likeness (QED) is 0.676. The highest BCUT2D eigenvalue weighted by atomic mass is 16.3. The molecule has 1 aliphatic rings. The fourth-order valence-corrected chi connectivity index (χ4v) is 3.81. The second kappa shape index (κ2) is 7.83. The molecule has 0 radical (unpaired) electrons. The zero-order chi connectivity index (χ0) is 14.3. The number of hydrogen-bond acceptors (Lipinski definition) is 1. The molecular weight excluding hydrogens is 244 g/mol. The molecule has 1 fully saturated rings. The maximum atomic E-state index is 10.9. The number of benzene rings is 1. The van der Waals surface area contributed by atoms with Crippen LogP contribution in [0.3, 0.4) is 0 Å². The van der Waals surface area contributed by atoms with Crippen molar-refractivity contribution in [3.63, 3.8) is 0 Å².